The van der Waals surface area contributed by atoms with E-state index < -0.39 is 47.0 Å². The molecule has 0 saturated heterocycles. The third kappa shape index (κ3) is 3.17. The van der Waals surface area contributed by atoms with E-state index in [-0.39, 0.29) is 0 Å². The first kappa shape index (κ1) is 17.7. The van der Waals surface area contributed by atoms with E-state index in [1.54, 1.807) is 6.07 Å². The Morgan fingerprint density at radius 1 is 0.846 bits per heavy atom. The van der Waals surface area contributed by atoms with Crippen molar-refractivity contribution in [1.29, 1.82) is 0 Å². The van der Waals surface area contributed by atoms with Crippen LogP contribution < -0.4 is 4.57 Å². The van der Waals surface area contributed by atoms with Crippen molar-refractivity contribution < 1.29 is 31.3 Å². The van der Waals surface area contributed by atoms with E-state index in [1.807, 2.05) is 30.3 Å². The highest BCUT2D eigenvalue weighted by molar-refractivity contribution is 5.95. The lowest BCUT2D eigenvalue weighted by atomic mass is 10.1. The lowest BCUT2D eigenvalue weighted by Crippen LogP contribution is -2.38. The highest BCUT2D eigenvalue weighted by Gasteiger charge is 2.30. The molecule has 0 aliphatic heterocycles. The standard InChI is InChI=1S/C18H10F5N2O/c19-14-13(15(20)17(22)18(23)16(14)21)12(26)8-25-7-6-11(24-9-25)10-4-2-1-3-5-10/h1-7,9H,8H2/q+1. The van der Waals surface area contributed by atoms with Crippen LogP contribution in [-0.4, -0.2) is 10.8 Å². The van der Waals surface area contributed by atoms with Gasteiger partial charge in [-0.05, 0) is 4.98 Å². The molecule has 0 radical (unpaired) electrons. The van der Waals surface area contributed by atoms with Crippen molar-refractivity contribution >= 4 is 5.78 Å². The Labute approximate surface area is 144 Å². The predicted molar refractivity (Wildman–Crippen MR) is 80.4 cm³/mol. The fourth-order valence-electron chi connectivity index (χ4n) is 2.35. The molecule has 0 bridgehead atoms. The van der Waals surface area contributed by atoms with Gasteiger partial charge in [0.25, 0.3) is 6.33 Å². The molecule has 0 unspecified atom stereocenters. The quantitative estimate of drug-likeness (QED) is 0.233. The Hall–Kier alpha value is -3.16. The van der Waals surface area contributed by atoms with Crippen LogP contribution >= 0.6 is 0 Å². The van der Waals surface area contributed by atoms with E-state index in [0.717, 1.165) is 5.56 Å². The number of ketones is 1. The van der Waals surface area contributed by atoms with Crippen molar-refractivity contribution in [2.75, 3.05) is 0 Å². The first-order valence-electron chi connectivity index (χ1n) is 7.35. The Kier molecular flexibility index (Phi) is 4.75. The van der Waals surface area contributed by atoms with Crippen LogP contribution in [0.5, 0.6) is 0 Å². The topological polar surface area (TPSA) is 33.8 Å². The Morgan fingerprint density at radius 3 is 1.96 bits per heavy atom. The number of hydrogen-bond acceptors (Lipinski definition) is 2. The molecule has 0 spiro atoms. The largest absolute Gasteiger partial charge is 0.289 e. The number of benzene rings is 2. The summed E-state index contributed by atoms with van der Waals surface area (Å²) in [6.07, 6.45) is 2.64. The molecule has 132 valence electrons. The van der Waals surface area contributed by atoms with Crippen molar-refractivity contribution in [2.24, 2.45) is 0 Å². The fourth-order valence-corrected chi connectivity index (χ4v) is 2.35. The van der Waals surface area contributed by atoms with Gasteiger partial charge < -0.3 is 0 Å². The molecule has 0 amide bonds. The summed E-state index contributed by atoms with van der Waals surface area (Å²) in [5.74, 6) is -12.2. The highest BCUT2D eigenvalue weighted by Crippen LogP contribution is 2.23. The zero-order chi connectivity index (χ0) is 18.8. The summed E-state index contributed by atoms with van der Waals surface area (Å²) in [5.41, 5.74) is -0.0719. The number of rotatable bonds is 4. The van der Waals surface area contributed by atoms with E-state index in [0.29, 0.717) is 5.69 Å². The molecule has 0 atom stereocenters. The maximum Gasteiger partial charge on any atom is 0.287 e. The maximum absolute atomic E-state index is 13.7. The molecule has 26 heavy (non-hydrogen) atoms. The predicted octanol–water partition coefficient (Wildman–Crippen LogP) is 3.61. The minimum atomic E-state index is -2.31. The normalized spacial score (nSPS) is 10.8. The van der Waals surface area contributed by atoms with Gasteiger partial charge in [0.05, 0.1) is 11.8 Å². The molecule has 3 nitrogen and oxygen atoms in total. The van der Waals surface area contributed by atoms with Gasteiger partial charge in [-0.1, -0.05) is 30.3 Å². The minimum absolute atomic E-state index is 0.588. The molecule has 0 N–H and O–H groups in total. The van der Waals surface area contributed by atoms with Gasteiger partial charge in [0.1, 0.15) is 0 Å². The van der Waals surface area contributed by atoms with E-state index in [9.17, 15) is 26.7 Å². The van der Waals surface area contributed by atoms with Crippen LogP contribution in [0, 0.1) is 29.1 Å². The number of carbonyl (C=O) groups excluding carboxylic acids is 1. The van der Waals surface area contributed by atoms with E-state index >= 15 is 0 Å². The van der Waals surface area contributed by atoms with Gasteiger partial charge >= 0.3 is 0 Å². The van der Waals surface area contributed by atoms with Gasteiger partial charge in [-0.2, -0.15) is 0 Å². The molecule has 8 heteroatoms. The van der Waals surface area contributed by atoms with Crippen LogP contribution in [0.25, 0.3) is 11.3 Å². The van der Waals surface area contributed by atoms with Gasteiger partial charge in [0.2, 0.25) is 11.6 Å². The molecule has 3 rings (SSSR count). The molecule has 1 aromatic heterocycles. The van der Waals surface area contributed by atoms with Crippen molar-refractivity contribution in [3.8, 4) is 11.3 Å². The number of hydrogen-bond donors (Lipinski definition) is 0. The highest BCUT2D eigenvalue weighted by atomic mass is 19.2. The zero-order valence-electron chi connectivity index (χ0n) is 13.0. The minimum Gasteiger partial charge on any atom is -0.289 e. The summed E-state index contributed by atoms with van der Waals surface area (Å²) in [4.78, 5) is 16.1. The van der Waals surface area contributed by atoms with Crippen LogP contribution in [0.1, 0.15) is 10.4 Å². The second-order valence-corrected chi connectivity index (χ2v) is 5.35. The SMILES string of the molecule is O=C(C[n+]1ccc(-c2ccccc2)nc1)c1c(F)c(F)c(F)c(F)c1F. The lowest BCUT2D eigenvalue weighted by Gasteiger charge is -2.06. The van der Waals surface area contributed by atoms with Crippen molar-refractivity contribution in [1.82, 2.24) is 4.98 Å². The fraction of sp³-hybridized carbons (Fsp3) is 0.0556. The van der Waals surface area contributed by atoms with Gasteiger partial charge in [0.15, 0.2) is 35.5 Å². The number of nitrogens with zero attached hydrogens (tertiary/aromatic N) is 2. The summed E-state index contributed by atoms with van der Waals surface area (Å²) >= 11 is 0. The van der Waals surface area contributed by atoms with Crippen LogP contribution in [0.2, 0.25) is 0 Å². The number of halogens is 5. The Morgan fingerprint density at radius 2 is 1.42 bits per heavy atom. The molecule has 0 saturated carbocycles. The van der Waals surface area contributed by atoms with Crippen molar-refractivity contribution in [3.05, 3.63) is 83.6 Å². The number of carbonyl (C=O) groups is 1. The zero-order valence-corrected chi connectivity index (χ0v) is 13.0. The second kappa shape index (κ2) is 6.99. The first-order chi connectivity index (χ1) is 12.4. The maximum atomic E-state index is 13.7. The summed E-state index contributed by atoms with van der Waals surface area (Å²) in [6.45, 7) is -0.638. The van der Waals surface area contributed by atoms with E-state index in [4.69, 9.17) is 0 Å². The summed E-state index contributed by atoms with van der Waals surface area (Å²) in [7, 11) is 0. The third-order valence-corrected chi connectivity index (χ3v) is 3.65. The van der Waals surface area contributed by atoms with Gasteiger partial charge in [-0.25, -0.2) is 26.5 Å². The first-order valence-corrected chi connectivity index (χ1v) is 7.35. The summed E-state index contributed by atoms with van der Waals surface area (Å²) < 4.78 is 68.0. The van der Waals surface area contributed by atoms with Gasteiger partial charge in [-0.3, -0.25) is 4.79 Å². The van der Waals surface area contributed by atoms with E-state index in [1.165, 1.54) is 17.1 Å². The monoisotopic (exact) mass is 365 g/mol. The number of aromatic nitrogens is 2. The molecule has 0 aliphatic carbocycles. The third-order valence-electron chi connectivity index (χ3n) is 3.65. The molecule has 0 fully saturated rings. The van der Waals surface area contributed by atoms with Crippen LogP contribution in [0.3, 0.4) is 0 Å². The van der Waals surface area contributed by atoms with Crippen LogP contribution in [-0.2, 0) is 6.54 Å². The molecule has 2 aromatic carbocycles. The average molecular weight is 365 g/mol. The number of Topliss-reactive ketones (excluding diaryl/α,β-unsaturated/α-hetero) is 1. The molecular formula is C18H10F5N2O+. The average Bonchev–Trinajstić information content (AvgIpc) is 2.66. The van der Waals surface area contributed by atoms with Crippen molar-refractivity contribution in [2.45, 2.75) is 6.54 Å². The van der Waals surface area contributed by atoms with E-state index in [2.05, 4.69) is 4.98 Å². The smallest absolute Gasteiger partial charge is 0.287 e. The Balaban J connectivity index is 1.87. The molecule has 1 heterocycles. The van der Waals surface area contributed by atoms with Crippen LogP contribution in [0.15, 0.2) is 48.9 Å². The Bertz CT molecular complexity index is 946. The van der Waals surface area contributed by atoms with Gasteiger partial charge in [-0.15, -0.1) is 0 Å². The molecular weight excluding hydrogens is 355 g/mol. The van der Waals surface area contributed by atoms with Gasteiger partial charge in [0, 0.05) is 11.6 Å². The summed E-state index contributed by atoms with van der Waals surface area (Å²) in [6, 6.07) is 10.6. The molecule has 3 aromatic rings. The lowest BCUT2D eigenvalue weighted by molar-refractivity contribution is -0.686. The summed E-state index contributed by atoms with van der Waals surface area (Å²) in [5, 5.41) is 0. The molecule has 0 aliphatic rings. The second-order valence-electron chi connectivity index (χ2n) is 5.35. The van der Waals surface area contributed by atoms with Crippen LogP contribution in [0.4, 0.5) is 22.0 Å². The van der Waals surface area contributed by atoms with Crippen molar-refractivity contribution in [3.63, 3.8) is 0 Å².